The van der Waals surface area contributed by atoms with Crippen molar-refractivity contribution in [2.24, 2.45) is 0 Å². The number of halogens is 3. The van der Waals surface area contributed by atoms with Crippen molar-refractivity contribution < 1.29 is 23.1 Å². The number of alkyl halides is 3. The SMILES string of the molecule is CC(C)N1CCN(C(=O)CO)[C@H](C(F)(F)F)C1. The molecule has 1 aliphatic rings. The predicted octanol–water partition coefficient (Wildman–Crippen LogP) is 0.462. The van der Waals surface area contributed by atoms with Gasteiger partial charge in [-0.1, -0.05) is 0 Å². The lowest BCUT2D eigenvalue weighted by molar-refractivity contribution is -0.203. The van der Waals surface area contributed by atoms with E-state index in [1.807, 2.05) is 13.8 Å². The van der Waals surface area contributed by atoms with Gasteiger partial charge >= 0.3 is 6.18 Å². The van der Waals surface area contributed by atoms with Gasteiger partial charge in [0.2, 0.25) is 5.91 Å². The topological polar surface area (TPSA) is 43.8 Å². The van der Waals surface area contributed by atoms with Gasteiger partial charge in [0.1, 0.15) is 12.6 Å². The minimum absolute atomic E-state index is 0.00174. The molecule has 17 heavy (non-hydrogen) atoms. The van der Waals surface area contributed by atoms with E-state index in [9.17, 15) is 18.0 Å². The summed E-state index contributed by atoms with van der Waals surface area (Å²) >= 11 is 0. The summed E-state index contributed by atoms with van der Waals surface area (Å²) in [6.45, 7) is 2.92. The minimum atomic E-state index is -4.46. The third-order valence-electron chi connectivity index (χ3n) is 2.98. The summed E-state index contributed by atoms with van der Waals surface area (Å²) in [5.41, 5.74) is 0. The quantitative estimate of drug-likeness (QED) is 0.778. The van der Waals surface area contributed by atoms with Gasteiger partial charge in [-0.2, -0.15) is 13.2 Å². The third-order valence-corrected chi connectivity index (χ3v) is 2.98. The largest absolute Gasteiger partial charge is 0.410 e. The van der Waals surface area contributed by atoms with Crippen LogP contribution in [0.25, 0.3) is 0 Å². The molecule has 1 rings (SSSR count). The number of carbonyl (C=O) groups excluding carboxylic acids is 1. The molecule has 0 radical (unpaired) electrons. The predicted molar refractivity (Wildman–Crippen MR) is 55.4 cm³/mol. The maximum absolute atomic E-state index is 12.8. The first kappa shape index (κ1) is 14.2. The summed E-state index contributed by atoms with van der Waals surface area (Å²) in [7, 11) is 0. The van der Waals surface area contributed by atoms with Crippen LogP contribution in [-0.4, -0.2) is 65.3 Å². The fraction of sp³-hybridized carbons (Fsp3) is 0.900. The molecule has 0 aromatic rings. The second-order valence-corrected chi connectivity index (χ2v) is 4.39. The van der Waals surface area contributed by atoms with Crippen LogP contribution in [0.1, 0.15) is 13.8 Å². The second kappa shape index (κ2) is 5.22. The number of rotatable bonds is 2. The van der Waals surface area contributed by atoms with Crippen molar-refractivity contribution in [3.05, 3.63) is 0 Å². The van der Waals surface area contributed by atoms with Crippen molar-refractivity contribution in [1.82, 2.24) is 9.80 Å². The lowest BCUT2D eigenvalue weighted by Gasteiger charge is -2.43. The molecule has 0 aliphatic carbocycles. The first-order chi connectivity index (χ1) is 7.77. The van der Waals surface area contributed by atoms with Gasteiger partial charge in [0.25, 0.3) is 0 Å². The van der Waals surface area contributed by atoms with Crippen molar-refractivity contribution in [2.45, 2.75) is 32.1 Å². The van der Waals surface area contributed by atoms with Crippen LogP contribution in [0.3, 0.4) is 0 Å². The average molecular weight is 254 g/mol. The first-order valence-corrected chi connectivity index (χ1v) is 5.48. The monoisotopic (exact) mass is 254 g/mol. The number of piperazine rings is 1. The highest BCUT2D eigenvalue weighted by Gasteiger charge is 2.48. The van der Waals surface area contributed by atoms with Crippen LogP contribution in [0, 0.1) is 0 Å². The highest BCUT2D eigenvalue weighted by molar-refractivity contribution is 5.77. The van der Waals surface area contributed by atoms with Crippen LogP contribution in [0.2, 0.25) is 0 Å². The van der Waals surface area contributed by atoms with Crippen LogP contribution in [0.15, 0.2) is 0 Å². The maximum Gasteiger partial charge on any atom is 0.410 e. The van der Waals surface area contributed by atoms with Gasteiger partial charge in [-0.3, -0.25) is 9.69 Å². The van der Waals surface area contributed by atoms with E-state index < -0.39 is 24.7 Å². The van der Waals surface area contributed by atoms with Crippen molar-refractivity contribution in [3.63, 3.8) is 0 Å². The lowest BCUT2D eigenvalue weighted by atomic mass is 10.1. The summed E-state index contributed by atoms with van der Waals surface area (Å²) in [5.74, 6) is -0.865. The first-order valence-electron chi connectivity index (χ1n) is 5.48. The summed E-state index contributed by atoms with van der Waals surface area (Å²) < 4.78 is 38.5. The normalized spacial score (nSPS) is 23.2. The summed E-state index contributed by atoms with van der Waals surface area (Å²) in [4.78, 5) is 13.7. The summed E-state index contributed by atoms with van der Waals surface area (Å²) in [5, 5.41) is 8.67. The Kier molecular flexibility index (Phi) is 4.37. The van der Waals surface area contributed by atoms with E-state index >= 15 is 0 Å². The van der Waals surface area contributed by atoms with Crippen LogP contribution >= 0.6 is 0 Å². The van der Waals surface area contributed by atoms with Crippen molar-refractivity contribution in [1.29, 1.82) is 0 Å². The molecule has 0 bridgehead atoms. The molecule has 0 aromatic heterocycles. The highest BCUT2D eigenvalue weighted by atomic mass is 19.4. The molecule has 1 amide bonds. The molecule has 1 atom stereocenters. The van der Waals surface area contributed by atoms with Crippen molar-refractivity contribution in [2.75, 3.05) is 26.2 Å². The van der Waals surface area contributed by atoms with Crippen LogP contribution < -0.4 is 0 Å². The Morgan fingerprint density at radius 1 is 1.41 bits per heavy atom. The molecule has 0 spiro atoms. The zero-order chi connectivity index (χ0) is 13.2. The van der Waals surface area contributed by atoms with E-state index in [-0.39, 0.29) is 19.1 Å². The minimum Gasteiger partial charge on any atom is -0.387 e. The van der Waals surface area contributed by atoms with Crippen LogP contribution in [0.5, 0.6) is 0 Å². The Balaban J connectivity index is 2.84. The number of aliphatic hydroxyl groups excluding tert-OH is 1. The smallest absolute Gasteiger partial charge is 0.387 e. The molecule has 1 fully saturated rings. The fourth-order valence-corrected chi connectivity index (χ4v) is 1.94. The standard InChI is InChI=1S/C10H17F3N2O2/c1-7(2)14-3-4-15(9(17)6-16)8(5-14)10(11,12)13/h7-8,16H,3-6H2,1-2H3/t8-/m0/s1. The molecular weight excluding hydrogens is 237 g/mol. The van der Waals surface area contributed by atoms with Crippen molar-refractivity contribution >= 4 is 5.91 Å². The van der Waals surface area contributed by atoms with E-state index in [4.69, 9.17) is 5.11 Å². The number of nitrogens with zero attached hydrogens (tertiary/aromatic N) is 2. The zero-order valence-electron chi connectivity index (χ0n) is 9.87. The molecular formula is C10H17F3N2O2. The van der Waals surface area contributed by atoms with Gasteiger partial charge in [0.05, 0.1) is 0 Å². The summed E-state index contributed by atoms with van der Waals surface area (Å²) in [6.07, 6.45) is -4.46. The van der Waals surface area contributed by atoms with Gasteiger partial charge in [-0.25, -0.2) is 0 Å². The zero-order valence-corrected chi connectivity index (χ0v) is 9.87. The average Bonchev–Trinajstić information content (AvgIpc) is 2.26. The van der Waals surface area contributed by atoms with Gasteiger partial charge in [-0.15, -0.1) is 0 Å². The molecule has 0 aromatic carbocycles. The Morgan fingerprint density at radius 2 is 2.00 bits per heavy atom. The van der Waals surface area contributed by atoms with Gasteiger partial charge in [0, 0.05) is 25.7 Å². The molecule has 1 N–H and O–H groups in total. The highest BCUT2D eigenvalue weighted by Crippen LogP contribution is 2.28. The molecule has 4 nitrogen and oxygen atoms in total. The Morgan fingerprint density at radius 3 is 2.41 bits per heavy atom. The Labute approximate surface area is 98.0 Å². The van der Waals surface area contributed by atoms with Gasteiger partial charge in [0.15, 0.2) is 0 Å². The molecule has 0 saturated carbocycles. The van der Waals surface area contributed by atoms with E-state index in [1.165, 1.54) is 0 Å². The number of hydrogen-bond acceptors (Lipinski definition) is 3. The van der Waals surface area contributed by atoms with Crippen LogP contribution in [0.4, 0.5) is 13.2 Å². The number of carbonyl (C=O) groups is 1. The second-order valence-electron chi connectivity index (χ2n) is 4.39. The number of aliphatic hydroxyl groups is 1. The van der Waals surface area contributed by atoms with Crippen LogP contribution in [-0.2, 0) is 4.79 Å². The van der Waals surface area contributed by atoms with Crippen molar-refractivity contribution in [3.8, 4) is 0 Å². The molecule has 7 heteroatoms. The Bertz CT molecular complexity index is 281. The molecule has 1 saturated heterocycles. The molecule has 100 valence electrons. The van der Waals surface area contributed by atoms with Gasteiger partial charge in [-0.05, 0) is 13.8 Å². The molecule has 1 heterocycles. The van der Waals surface area contributed by atoms with Gasteiger partial charge < -0.3 is 10.0 Å². The summed E-state index contributed by atoms with van der Waals surface area (Å²) in [6, 6.07) is -1.82. The van der Waals surface area contributed by atoms with E-state index in [0.29, 0.717) is 6.54 Å². The van der Waals surface area contributed by atoms with E-state index in [0.717, 1.165) is 4.90 Å². The van der Waals surface area contributed by atoms with E-state index in [1.54, 1.807) is 4.90 Å². The lowest BCUT2D eigenvalue weighted by Crippen LogP contribution is -2.62. The Hall–Kier alpha value is -0.820. The molecule has 0 unspecified atom stereocenters. The number of amides is 1. The third kappa shape index (κ3) is 3.32. The fourth-order valence-electron chi connectivity index (χ4n) is 1.94. The maximum atomic E-state index is 12.8. The van der Waals surface area contributed by atoms with E-state index in [2.05, 4.69) is 0 Å². The number of hydrogen-bond donors (Lipinski definition) is 1. The molecule has 1 aliphatic heterocycles.